The predicted octanol–water partition coefficient (Wildman–Crippen LogP) is 2.51. The summed E-state index contributed by atoms with van der Waals surface area (Å²) < 4.78 is 10.8. The van der Waals surface area contributed by atoms with Gasteiger partial charge in [-0.2, -0.15) is 0 Å². The van der Waals surface area contributed by atoms with Crippen LogP contribution in [0.3, 0.4) is 0 Å². The van der Waals surface area contributed by atoms with E-state index in [0.29, 0.717) is 31.9 Å². The third kappa shape index (κ3) is 4.00. The topological polar surface area (TPSA) is 89.0 Å². The summed E-state index contributed by atoms with van der Waals surface area (Å²) in [6.45, 7) is 2.44. The second-order valence-corrected chi connectivity index (χ2v) is 5.89. The van der Waals surface area contributed by atoms with Crippen LogP contribution >= 0.6 is 0 Å². The molecule has 7 nitrogen and oxygen atoms in total. The molecule has 128 valence electrons. The molecular weight excluding hydrogens is 312 g/mol. The fraction of sp³-hybridized carbons (Fsp3) is 0.412. The molecule has 1 saturated heterocycles. The molecule has 1 aliphatic rings. The lowest BCUT2D eigenvalue weighted by atomic mass is 10.0. The molecule has 0 saturated carbocycles. The van der Waals surface area contributed by atoms with Crippen molar-refractivity contribution in [3.05, 3.63) is 64.1 Å². The van der Waals surface area contributed by atoms with Crippen molar-refractivity contribution in [1.82, 2.24) is 4.90 Å². The summed E-state index contributed by atoms with van der Waals surface area (Å²) in [5.74, 6) is 0.538. The Labute approximate surface area is 139 Å². The molecule has 1 aromatic carbocycles. The van der Waals surface area contributed by atoms with Crippen LogP contribution in [0.25, 0.3) is 0 Å². The van der Waals surface area contributed by atoms with Crippen LogP contribution in [0.2, 0.25) is 0 Å². The first-order chi connectivity index (χ1) is 11.6. The summed E-state index contributed by atoms with van der Waals surface area (Å²) in [6, 6.07) is 10.2. The molecule has 1 fully saturated rings. The minimum Gasteiger partial charge on any atom is -0.467 e. The second kappa shape index (κ2) is 7.57. The average Bonchev–Trinajstić information content (AvgIpc) is 3.11. The van der Waals surface area contributed by atoms with E-state index in [4.69, 9.17) is 9.15 Å². The molecule has 2 unspecified atom stereocenters. The molecular formula is C17H20N2O5. The van der Waals surface area contributed by atoms with Crippen molar-refractivity contribution in [3.8, 4) is 0 Å². The highest BCUT2D eigenvalue weighted by molar-refractivity contribution is 5.34. The zero-order valence-corrected chi connectivity index (χ0v) is 13.2. The molecule has 3 rings (SSSR count). The molecule has 24 heavy (non-hydrogen) atoms. The van der Waals surface area contributed by atoms with Gasteiger partial charge >= 0.3 is 0 Å². The number of hydrogen-bond acceptors (Lipinski definition) is 6. The van der Waals surface area contributed by atoms with E-state index in [1.54, 1.807) is 24.3 Å². The van der Waals surface area contributed by atoms with E-state index in [1.165, 1.54) is 12.3 Å². The van der Waals surface area contributed by atoms with Crippen LogP contribution < -0.4 is 0 Å². The van der Waals surface area contributed by atoms with Crippen LogP contribution in [0.1, 0.15) is 23.8 Å². The van der Waals surface area contributed by atoms with Gasteiger partial charge in [-0.05, 0) is 24.1 Å². The quantitative estimate of drug-likeness (QED) is 0.646. The van der Waals surface area contributed by atoms with Gasteiger partial charge in [0.15, 0.2) is 0 Å². The minimum absolute atomic E-state index is 0.0260. The maximum absolute atomic E-state index is 10.9. The van der Waals surface area contributed by atoms with E-state index in [-0.39, 0.29) is 16.7 Å². The number of benzene rings is 1. The number of nitro benzene ring substituents is 1. The molecule has 1 aliphatic heterocycles. The lowest BCUT2D eigenvalue weighted by molar-refractivity contribution is -0.384. The first-order valence-corrected chi connectivity index (χ1v) is 7.90. The fourth-order valence-electron chi connectivity index (χ4n) is 2.97. The van der Waals surface area contributed by atoms with E-state index < -0.39 is 6.10 Å². The van der Waals surface area contributed by atoms with Gasteiger partial charge in [-0.1, -0.05) is 12.1 Å². The normalized spacial score (nSPS) is 20.0. The number of nitrogens with zero attached hydrogens (tertiary/aromatic N) is 2. The lowest BCUT2D eigenvalue weighted by Gasteiger charge is -2.36. The van der Waals surface area contributed by atoms with Crippen LogP contribution in [-0.4, -0.2) is 40.7 Å². The summed E-state index contributed by atoms with van der Waals surface area (Å²) in [7, 11) is 0. The number of morpholine rings is 1. The third-order valence-electron chi connectivity index (χ3n) is 4.22. The van der Waals surface area contributed by atoms with Crippen molar-refractivity contribution < 1.29 is 19.2 Å². The summed E-state index contributed by atoms with van der Waals surface area (Å²) >= 11 is 0. The van der Waals surface area contributed by atoms with E-state index in [1.807, 2.05) is 6.07 Å². The zero-order valence-electron chi connectivity index (χ0n) is 13.2. The highest BCUT2D eigenvalue weighted by atomic mass is 16.6. The van der Waals surface area contributed by atoms with Gasteiger partial charge < -0.3 is 14.3 Å². The first kappa shape index (κ1) is 16.6. The molecule has 7 heteroatoms. The summed E-state index contributed by atoms with van der Waals surface area (Å²) in [6.07, 6.45) is 1.33. The van der Waals surface area contributed by atoms with Crippen LogP contribution in [0.5, 0.6) is 0 Å². The number of furan rings is 1. The summed E-state index contributed by atoms with van der Waals surface area (Å²) in [5, 5.41) is 21.2. The first-order valence-electron chi connectivity index (χ1n) is 7.90. The minimum atomic E-state index is -0.695. The van der Waals surface area contributed by atoms with E-state index in [9.17, 15) is 15.2 Å². The molecule has 0 spiro atoms. The second-order valence-electron chi connectivity index (χ2n) is 5.89. The van der Waals surface area contributed by atoms with Gasteiger partial charge in [0.2, 0.25) is 0 Å². The molecule has 1 N–H and O–H groups in total. The van der Waals surface area contributed by atoms with Crippen molar-refractivity contribution in [2.45, 2.75) is 25.1 Å². The van der Waals surface area contributed by atoms with Crippen molar-refractivity contribution >= 4 is 5.69 Å². The van der Waals surface area contributed by atoms with Crippen LogP contribution in [0, 0.1) is 10.1 Å². The number of ether oxygens (including phenoxy) is 1. The van der Waals surface area contributed by atoms with Gasteiger partial charge in [0, 0.05) is 31.3 Å². The maximum atomic E-state index is 10.9. The molecule has 0 amide bonds. The highest BCUT2D eigenvalue weighted by Crippen LogP contribution is 2.24. The summed E-state index contributed by atoms with van der Waals surface area (Å²) in [5.41, 5.74) is 0.969. The van der Waals surface area contributed by atoms with E-state index >= 15 is 0 Å². The van der Waals surface area contributed by atoms with Crippen molar-refractivity contribution in [1.29, 1.82) is 0 Å². The van der Waals surface area contributed by atoms with Crippen LogP contribution in [-0.2, 0) is 11.3 Å². The largest absolute Gasteiger partial charge is 0.467 e. The Morgan fingerprint density at radius 2 is 2.25 bits per heavy atom. The van der Waals surface area contributed by atoms with Crippen molar-refractivity contribution in [2.24, 2.45) is 0 Å². The SMILES string of the molecule is O=[N+]([O-])c1cccc(CN2CCOCC2CC(O)c2ccco2)c1. The van der Waals surface area contributed by atoms with E-state index in [0.717, 1.165) is 12.1 Å². The van der Waals surface area contributed by atoms with E-state index in [2.05, 4.69) is 4.90 Å². The van der Waals surface area contributed by atoms with Crippen molar-refractivity contribution in [3.63, 3.8) is 0 Å². The molecule has 2 atom stereocenters. The number of aliphatic hydroxyl groups is 1. The third-order valence-corrected chi connectivity index (χ3v) is 4.22. The Morgan fingerprint density at radius 1 is 1.38 bits per heavy atom. The zero-order chi connectivity index (χ0) is 16.9. The fourth-order valence-corrected chi connectivity index (χ4v) is 2.97. The standard InChI is InChI=1S/C17H20N2O5/c20-16(17-5-2-7-24-17)10-15-12-23-8-6-18(15)11-13-3-1-4-14(9-13)19(21)22/h1-5,7,9,15-16,20H,6,8,10-12H2. The maximum Gasteiger partial charge on any atom is 0.269 e. The molecule has 0 bridgehead atoms. The van der Waals surface area contributed by atoms with Gasteiger partial charge in [0.05, 0.1) is 24.4 Å². The molecule has 0 aliphatic carbocycles. The predicted molar refractivity (Wildman–Crippen MR) is 86.4 cm³/mol. The average molecular weight is 332 g/mol. The van der Waals surface area contributed by atoms with Gasteiger partial charge in [0.1, 0.15) is 11.9 Å². The monoisotopic (exact) mass is 332 g/mol. The van der Waals surface area contributed by atoms with Crippen molar-refractivity contribution in [2.75, 3.05) is 19.8 Å². The Morgan fingerprint density at radius 3 is 3.00 bits per heavy atom. The number of rotatable bonds is 6. The Kier molecular flexibility index (Phi) is 5.24. The Bertz CT molecular complexity index is 673. The number of hydrogen-bond donors (Lipinski definition) is 1. The number of aliphatic hydroxyl groups excluding tert-OH is 1. The van der Waals surface area contributed by atoms with Crippen LogP contribution in [0.15, 0.2) is 47.1 Å². The summed E-state index contributed by atoms with van der Waals surface area (Å²) in [4.78, 5) is 12.7. The van der Waals surface area contributed by atoms with Gasteiger partial charge in [0.25, 0.3) is 5.69 Å². The Hall–Kier alpha value is -2.22. The van der Waals surface area contributed by atoms with Gasteiger partial charge in [-0.25, -0.2) is 0 Å². The van der Waals surface area contributed by atoms with Gasteiger partial charge in [-0.15, -0.1) is 0 Å². The number of non-ortho nitro benzene ring substituents is 1. The molecule has 2 heterocycles. The van der Waals surface area contributed by atoms with Crippen LogP contribution in [0.4, 0.5) is 5.69 Å². The molecule has 0 radical (unpaired) electrons. The Balaban J connectivity index is 1.68. The molecule has 1 aromatic heterocycles. The number of nitro groups is 1. The highest BCUT2D eigenvalue weighted by Gasteiger charge is 2.27. The smallest absolute Gasteiger partial charge is 0.269 e. The molecule has 2 aromatic rings. The lowest BCUT2D eigenvalue weighted by Crippen LogP contribution is -2.45. The van der Waals surface area contributed by atoms with Gasteiger partial charge in [-0.3, -0.25) is 15.0 Å².